The summed E-state index contributed by atoms with van der Waals surface area (Å²) in [5.41, 5.74) is 0. The predicted octanol–water partition coefficient (Wildman–Crippen LogP) is 1.91. The van der Waals surface area contributed by atoms with Crippen LogP contribution in [0.4, 0.5) is 0 Å². The second-order valence-corrected chi connectivity index (χ2v) is 5.33. The van der Waals surface area contributed by atoms with Crippen molar-refractivity contribution in [3.63, 3.8) is 0 Å². The van der Waals surface area contributed by atoms with Crippen molar-refractivity contribution in [2.24, 2.45) is 23.7 Å². The van der Waals surface area contributed by atoms with E-state index in [1.165, 1.54) is 12.8 Å². The number of hydrogen-bond donors (Lipinski definition) is 0. The van der Waals surface area contributed by atoms with Gasteiger partial charge in [-0.25, -0.2) is 0 Å². The Labute approximate surface area is 80.2 Å². The molecular weight excluding hydrogens is 162 g/mol. The van der Waals surface area contributed by atoms with Crippen molar-refractivity contribution in [2.45, 2.75) is 32.7 Å². The van der Waals surface area contributed by atoms with Crippen LogP contribution in [0.3, 0.4) is 0 Å². The van der Waals surface area contributed by atoms with Gasteiger partial charge in [0.05, 0.1) is 0 Å². The summed E-state index contributed by atoms with van der Waals surface area (Å²) in [5, 5.41) is 0. The number of ether oxygens (including phenoxy) is 1. The zero-order valence-corrected chi connectivity index (χ0v) is 8.57. The maximum Gasteiger partial charge on any atom is 0.103 e. The molecule has 0 bridgehead atoms. The van der Waals surface area contributed by atoms with Crippen LogP contribution in [0.5, 0.6) is 0 Å². The fourth-order valence-electron chi connectivity index (χ4n) is 3.56. The van der Waals surface area contributed by atoms with Crippen LogP contribution in [0.25, 0.3) is 0 Å². The first-order valence-electron chi connectivity index (χ1n) is 5.59. The normalized spacial score (nSPS) is 49.2. The van der Waals surface area contributed by atoms with E-state index in [0.29, 0.717) is 0 Å². The lowest BCUT2D eigenvalue weighted by molar-refractivity contribution is -0.166. The molecule has 0 radical (unpaired) electrons. The number of nitrogens with zero attached hydrogens (tertiary/aromatic N) is 1. The van der Waals surface area contributed by atoms with Crippen molar-refractivity contribution >= 4 is 0 Å². The third-order valence-corrected chi connectivity index (χ3v) is 4.29. The summed E-state index contributed by atoms with van der Waals surface area (Å²) >= 11 is 0. The molecule has 0 amide bonds. The average Bonchev–Trinajstić information content (AvgIpc) is 2.46. The van der Waals surface area contributed by atoms with E-state index in [4.69, 9.17) is 4.74 Å². The molecule has 2 saturated carbocycles. The molecule has 0 spiro atoms. The van der Waals surface area contributed by atoms with Crippen molar-refractivity contribution in [1.29, 1.82) is 0 Å². The van der Waals surface area contributed by atoms with E-state index in [0.717, 1.165) is 43.2 Å². The first kappa shape index (κ1) is 8.25. The molecule has 2 nitrogen and oxygen atoms in total. The fourth-order valence-corrected chi connectivity index (χ4v) is 3.56. The highest BCUT2D eigenvalue weighted by Gasteiger charge is 2.57. The topological polar surface area (TPSA) is 12.5 Å². The Hall–Kier alpha value is -0.0800. The second kappa shape index (κ2) is 2.71. The van der Waals surface area contributed by atoms with Crippen molar-refractivity contribution < 1.29 is 4.74 Å². The zero-order chi connectivity index (χ0) is 9.00. The van der Waals surface area contributed by atoms with Crippen molar-refractivity contribution in [2.75, 3.05) is 13.5 Å². The van der Waals surface area contributed by atoms with Crippen LogP contribution in [-0.2, 0) is 4.74 Å². The van der Waals surface area contributed by atoms with Crippen LogP contribution in [0.15, 0.2) is 0 Å². The van der Waals surface area contributed by atoms with Gasteiger partial charge < -0.3 is 4.74 Å². The monoisotopic (exact) mass is 181 g/mol. The quantitative estimate of drug-likeness (QED) is 0.645. The smallest absolute Gasteiger partial charge is 0.103 e. The van der Waals surface area contributed by atoms with E-state index < -0.39 is 0 Å². The Morgan fingerprint density at radius 3 is 2.15 bits per heavy atom. The SMILES string of the molecule is CC(C)C1C2CC(N3COC3)C[C@@H]21. The highest BCUT2D eigenvalue weighted by molar-refractivity contribution is 5.07. The molecule has 1 aliphatic heterocycles. The zero-order valence-electron chi connectivity index (χ0n) is 8.57. The molecule has 4 atom stereocenters. The Bertz CT molecular complexity index is 200. The van der Waals surface area contributed by atoms with Gasteiger partial charge in [-0.3, -0.25) is 4.90 Å². The molecule has 74 valence electrons. The third-order valence-electron chi connectivity index (χ3n) is 4.29. The molecule has 2 aliphatic carbocycles. The Morgan fingerprint density at radius 2 is 1.77 bits per heavy atom. The molecule has 1 saturated heterocycles. The Kier molecular flexibility index (Phi) is 1.72. The van der Waals surface area contributed by atoms with E-state index in [2.05, 4.69) is 18.7 Å². The standard InChI is InChI=1S/C11H19NO/c1-7(2)11-9-3-8(4-10(9)11)12-5-13-6-12/h7-11H,3-6H2,1-2H3/t8?,9-,10?,11?/m0/s1. The molecule has 3 aliphatic rings. The molecule has 2 heteroatoms. The molecule has 0 N–H and O–H groups in total. The number of hydrogen-bond acceptors (Lipinski definition) is 2. The molecule has 13 heavy (non-hydrogen) atoms. The lowest BCUT2D eigenvalue weighted by Gasteiger charge is -2.37. The summed E-state index contributed by atoms with van der Waals surface area (Å²) in [6.07, 6.45) is 2.91. The largest absolute Gasteiger partial charge is 0.351 e. The maximum absolute atomic E-state index is 5.20. The molecule has 3 fully saturated rings. The van der Waals surface area contributed by atoms with Crippen molar-refractivity contribution in [1.82, 2.24) is 4.90 Å². The van der Waals surface area contributed by atoms with Crippen LogP contribution in [-0.4, -0.2) is 24.4 Å². The maximum atomic E-state index is 5.20. The van der Waals surface area contributed by atoms with Gasteiger partial charge in [0.15, 0.2) is 0 Å². The Balaban J connectivity index is 1.55. The molecule has 0 aromatic carbocycles. The van der Waals surface area contributed by atoms with Crippen molar-refractivity contribution in [3.05, 3.63) is 0 Å². The predicted molar refractivity (Wildman–Crippen MR) is 51.0 cm³/mol. The summed E-state index contributed by atoms with van der Waals surface area (Å²) in [6, 6.07) is 0.874. The molecular formula is C11H19NO. The molecule has 3 unspecified atom stereocenters. The van der Waals surface area contributed by atoms with Gasteiger partial charge in [-0.2, -0.15) is 0 Å². The number of rotatable bonds is 2. The van der Waals surface area contributed by atoms with Gasteiger partial charge in [0, 0.05) is 6.04 Å². The van der Waals surface area contributed by atoms with E-state index in [-0.39, 0.29) is 0 Å². The van der Waals surface area contributed by atoms with Gasteiger partial charge in [-0.15, -0.1) is 0 Å². The summed E-state index contributed by atoms with van der Waals surface area (Å²) in [4.78, 5) is 2.49. The van der Waals surface area contributed by atoms with Crippen LogP contribution in [0, 0.1) is 23.7 Å². The third kappa shape index (κ3) is 1.15. The lowest BCUT2D eigenvalue weighted by Crippen LogP contribution is -2.46. The second-order valence-electron chi connectivity index (χ2n) is 5.33. The fraction of sp³-hybridized carbons (Fsp3) is 1.00. The summed E-state index contributed by atoms with van der Waals surface area (Å²) < 4.78 is 5.20. The van der Waals surface area contributed by atoms with Crippen LogP contribution >= 0.6 is 0 Å². The first-order valence-corrected chi connectivity index (χ1v) is 5.59. The van der Waals surface area contributed by atoms with Gasteiger partial charge >= 0.3 is 0 Å². The highest BCUT2D eigenvalue weighted by Crippen LogP contribution is 2.61. The van der Waals surface area contributed by atoms with E-state index in [9.17, 15) is 0 Å². The average molecular weight is 181 g/mol. The minimum Gasteiger partial charge on any atom is -0.351 e. The van der Waals surface area contributed by atoms with Gasteiger partial charge in [0.1, 0.15) is 13.5 Å². The summed E-state index contributed by atoms with van der Waals surface area (Å²) in [6.45, 7) is 6.56. The van der Waals surface area contributed by atoms with Gasteiger partial charge in [-0.1, -0.05) is 13.8 Å². The van der Waals surface area contributed by atoms with Gasteiger partial charge in [0.2, 0.25) is 0 Å². The molecule has 0 aromatic heterocycles. The summed E-state index contributed by atoms with van der Waals surface area (Å²) in [7, 11) is 0. The van der Waals surface area contributed by atoms with E-state index in [1.807, 2.05) is 0 Å². The highest BCUT2D eigenvalue weighted by atomic mass is 16.5. The van der Waals surface area contributed by atoms with E-state index in [1.54, 1.807) is 0 Å². The lowest BCUT2D eigenvalue weighted by atomic mass is 9.98. The molecule has 3 rings (SSSR count). The van der Waals surface area contributed by atoms with E-state index >= 15 is 0 Å². The van der Waals surface area contributed by atoms with Crippen LogP contribution in [0.1, 0.15) is 26.7 Å². The first-order chi connectivity index (χ1) is 6.27. The molecule has 1 heterocycles. The Morgan fingerprint density at radius 1 is 1.15 bits per heavy atom. The summed E-state index contributed by atoms with van der Waals surface area (Å²) in [5.74, 6) is 4.14. The van der Waals surface area contributed by atoms with Crippen LogP contribution < -0.4 is 0 Å². The minimum absolute atomic E-state index is 0.874. The van der Waals surface area contributed by atoms with Crippen LogP contribution in [0.2, 0.25) is 0 Å². The number of fused-ring (bicyclic) bond motifs is 1. The van der Waals surface area contributed by atoms with Gasteiger partial charge in [0.25, 0.3) is 0 Å². The van der Waals surface area contributed by atoms with Crippen molar-refractivity contribution in [3.8, 4) is 0 Å². The minimum atomic E-state index is 0.874. The molecule has 0 aromatic rings. The van der Waals surface area contributed by atoms with Gasteiger partial charge in [-0.05, 0) is 36.5 Å².